The van der Waals surface area contributed by atoms with Crippen molar-refractivity contribution in [3.05, 3.63) is 47.5 Å². The van der Waals surface area contributed by atoms with Crippen LogP contribution in [-0.4, -0.2) is 5.11 Å². The van der Waals surface area contributed by atoms with Crippen LogP contribution < -0.4 is 0 Å². The third-order valence-corrected chi connectivity index (χ3v) is 1.81. The summed E-state index contributed by atoms with van der Waals surface area (Å²) < 4.78 is 0. The quantitative estimate of drug-likeness (QED) is 0.762. The summed E-state index contributed by atoms with van der Waals surface area (Å²) >= 11 is 5.34. The van der Waals surface area contributed by atoms with Crippen LogP contribution in [0.15, 0.2) is 41.9 Å². The predicted octanol–water partition coefficient (Wildman–Crippen LogP) is 2.86. The lowest BCUT2D eigenvalue weighted by Crippen LogP contribution is -1.94. The minimum absolute atomic E-state index is 0.443. The highest BCUT2D eigenvalue weighted by Gasteiger charge is 2.02. The molecule has 0 saturated heterocycles. The van der Waals surface area contributed by atoms with E-state index in [4.69, 9.17) is 11.6 Å². The van der Waals surface area contributed by atoms with E-state index in [0.717, 1.165) is 5.56 Å². The molecule has 1 rings (SSSR count). The molecule has 1 aromatic rings. The first-order valence-electron chi connectivity index (χ1n) is 3.83. The molecule has 1 nitrogen and oxygen atoms in total. The maximum absolute atomic E-state index is 9.54. The molecule has 0 amide bonds. The second kappa shape index (κ2) is 4.96. The van der Waals surface area contributed by atoms with Crippen LogP contribution in [0.2, 0.25) is 0 Å². The minimum Gasteiger partial charge on any atom is -0.388 e. The summed E-state index contributed by atoms with van der Waals surface area (Å²) in [6.45, 7) is 0. The molecular formula is C10H11ClO. The maximum Gasteiger partial charge on any atom is 0.0824 e. The van der Waals surface area contributed by atoms with Crippen molar-refractivity contribution in [3.8, 4) is 0 Å². The standard InChI is InChI=1S/C10H11ClO/c11-8-4-7-10(12)9-5-2-1-3-6-9/h1-6,8,10,12H,7H2/b8-4-/t10-/m1/s1. The Bertz CT molecular complexity index is 243. The number of aliphatic hydroxyl groups is 1. The Morgan fingerprint density at radius 2 is 2.00 bits per heavy atom. The molecule has 1 aromatic carbocycles. The van der Waals surface area contributed by atoms with Crippen LogP contribution in [-0.2, 0) is 0 Å². The molecule has 0 spiro atoms. The molecule has 0 fully saturated rings. The van der Waals surface area contributed by atoms with Gasteiger partial charge in [-0.1, -0.05) is 48.0 Å². The summed E-state index contributed by atoms with van der Waals surface area (Å²) in [5.41, 5.74) is 2.35. The van der Waals surface area contributed by atoms with Gasteiger partial charge < -0.3 is 5.11 Å². The lowest BCUT2D eigenvalue weighted by Gasteiger charge is -2.06. The molecular weight excluding hydrogens is 172 g/mol. The van der Waals surface area contributed by atoms with Crippen LogP contribution in [0.3, 0.4) is 0 Å². The van der Waals surface area contributed by atoms with Gasteiger partial charge >= 0.3 is 0 Å². The smallest absolute Gasteiger partial charge is 0.0824 e. The van der Waals surface area contributed by atoms with Crippen LogP contribution >= 0.6 is 11.6 Å². The van der Waals surface area contributed by atoms with E-state index in [1.807, 2.05) is 30.3 Å². The average Bonchev–Trinajstić information content (AvgIpc) is 2.15. The Kier molecular flexibility index (Phi) is 3.85. The molecule has 1 atom stereocenters. The fourth-order valence-electron chi connectivity index (χ4n) is 0.992. The summed E-state index contributed by atoms with van der Waals surface area (Å²) in [6.07, 6.45) is 1.86. The lowest BCUT2D eigenvalue weighted by molar-refractivity contribution is 0.181. The molecule has 12 heavy (non-hydrogen) atoms. The van der Waals surface area contributed by atoms with Gasteiger partial charge in [0.15, 0.2) is 0 Å². The summed E-state index contributed by atoms with van der Waals surface area (Å²) in [6, 6.07) is 9.53. The van der Waals surface area contributed by atoms with Crippen molar-refractivity contribution in [2.24, 2.45) is 0 Å². The van der Waals surface area contributed by atoms with Crippen molar-refractivity contribution >= 4 is 11.6 Å². The van der Waals surface area contributed by atoms with Gasteiger partial charge in [0, 0.05) is 5.54 Å². The zero-order valence-electron chi connectivity index (χ0n) is 6.65. The molecule has 0 aliphatic heterocycles. The first-order chi connectivity index (χ1) is 5.84. The van der Waals surface area contributed by atoms with E-state index in [9.17, 15) is 5.11 Å². The normalized spacial score (nSPS) is 13.5. The van der Waals surface area contributed by atoms with Crippen molar-refractivity contribution in [2.45, 2.75) is 12.5 Å². The lowest BCUT2D eigenvalue weighted by atomic mass is 10.1. The molecule has 0 aliphatic carbocycles. The zero-order valence-corrected chi connectivity index (χ0v) is 7.41. The highest BCUT2D eigenvalue weighted by Crippen LogP contribution is 2.15. The largest absolute Gasteiger partial charge is 0.388 e. The van der Waals surface area contributed by atoms with Gasteiger partial charge in [-0.2, -0.15) is 0 Å². The van der Waals surface area contributed by atoms with E-state index in [2.05, 4.69) is 0 Å². The van der Waals surface area contributed by atoms with Crippen LogP contribution in [0.1, 0.15) is 18.1 Å². The van der Waals surface area contributed by atoms with Gasteiger partial charge in [-0.15, -0.1) is 0 Å². The summed E-state index contributed by atoms with van der Waals surface area (Å²) in [5, 5.41) is 9.54. The van der Waals surface area contributed by atoms with E-state index < -0.39 is 6.10 Å². The predicted molar refractivity (Wildman–Crippen MR) is 51.0 cm³/mol. The number of hydrogen-bond donors (Lipinski definition) is 1. The van der Waals surface area contributed by atoms with E-state index in [1.165, 1.54) is 5.54 Å². The Balaban J connectivity index is 2.59. The third kappa shape index (κ3) is 2.68. The Morgan fingerprint density at radius 3 is 2.58 bits per heavy atom. The van der Waals surface area contributed by atoms with Crippen molar-refractivity contribution in [3.63, 3.8) is 0 Å². The number of benzene rings is 1. The van der Waals surface area contributed by atoms with Gasteiger partial charge in [0.05, 0.1) is 6.10 Å². The zero-order chi connectivity index (χ0) is 8.81. The van der Waals surface area contributed by atoms with Crippen LogP contribution in [0.25, 0.3) is 0 Å². The first kappa shape index (κ1) is 9.30. The van der Waals surface area contributed by atoms with Gasteiger partial charge in [0.25, 0.3) is 0 Å². The van der Waals surface area contributed by atoms with Crippen molar-refractivity contribution in [2.75, 3.05) is 0 Å². The van der Waals surface area contributed by atoms with Crippen LogP contribution in [0.5, 0.6) is 0 Å². The van der Waals surface area contributed by atoms with Crippen molar-refractivity contribution in [1.82, 2.24) is 0 Å². The third-order valence-electron chi connectivity index (χ3n) is 1.63. The average molecular weight is 183 g/mol. The fraction of sp³-hybridized carbons (Fsp3) is 0.200. The summed E-state index contributed by atoms with van der Waals surface area (Å²) in [7, 11) is 0. The van der Waals surface area contributed by atoms with E-state index in [-0.39, 0.29) is 0 Å². The second-order valence-corrected chi connectivity index (χ2v) is 2.78. The molecule has 1 N–H and O–H groups in total. The number of rotatable bonds is 3. The number of halogens is 1. The van der Waals surface area contributed by atoms with Gasteiger partial charge in [0.1, 0.15) is 0 Å². The van der Waals surface area contributed by atoms with Crippen molar-refractivity contribution < 1.29 is 5.11 Å². The molecule has 0 radical (unpaired) electrons. The molecule has 0 heterocycles. The van der Waals surface area contributed by atoms with E-state index >= 15 is 0 Å². The van der Waals surface area contributed by atoms with Crippen molar-refractivity contribution in [1.29, 1.82) is 0 Å². The molecule has 0 unspecified atom stereocenters. The van der Waals surface area contributed by atoms with Gasteiger partial charge in [-0.3, -0.25) is 0 Å². The number of aliphatic hydroxyl groups excluding tert-OH is 1. The monoisotopic (exact) mass is 182 g/mol. The fourth-order valence-corrected chi connectivity index (χ4v) is 1.09. The van der Waals surface area contributed by atoms with E-state index in [0.29, 0.717) is 6.42 Å². The number of hydrogen-bond acceptors (Lipinski definition) is 1. The van der Waals surface area contributed by atoms with Gasteiger partial charge in [-0.05, 0) is 12.0 Å². The molecule has 0 saturated carbocycles. The Hall–Kier alpha value is -0.790. The highest BCUT2D eigenvalue weighted by molar-refractivity contribution is 6.25. The molecule has 0 aliphatic rings. The van der Waals surface area contributed by atoms with E-state index in [1.54, 1.807) is 6.08 Å². The van der Waals surface area contributed by atoms with Crippen LogP contribution in [0.4, 0.5) is 0 Å². The molecule has 0 aromatic heterocycles. The van der Waals surface area contributed by atoms with Gasteiger partial charge in [0.2, 0.25) is 0 Å². The highest BCUT2D eigenvalue weighted by atomic mass is 35.5. The topological polar surface area (TPSA) is 20.2 Å². The van der Waals surface area contributed by atoms with Gasteiger partial charge in [-0.25, -0.2) is 0 Å². The maximum atomic E-state index is 9.54. The Morgan fingerprint density at radius 1 is 1.33 bits per heavy atom. The molecule has 0 bridgehead atoms. The first-order valence-corrected chi connectivity index (χ1v) is 4.26. The molecule has 64 valence electrons. The van der Waals surface area contributed by atoms with Crippen LogP contribution in [0, 0.1) is 0 Å². The summed E-state index contributed by atoms with van der Waals surface area (Å²) in [5.74, 6) is 0. The molecule has 2 heteroatoms. The SMILES string of the molecule is O[C@H](C/C=C\Cl)c1ccccc1. The summed E-state index contributed by atoms with van der Waals surface area (Å²) in [4.78, 5) is 0. The minimum atomic E-state index is -0.443. The second-order valence-electron chi connectivity index (χ2n) is 2.52. The Labute approximate surface area is 77.3 Å².